The Hall–Kier alpha value is -5.22. The van der Waals surface area contributed by atoms with Crippen LogP contribution in [0, 0.1) is 0 Å². The van der Waals surface area contributed by atoms with E-state index in [1.807, 2.05) is 91.0 Å². The van der Waals surface area contributed by atoms with Gasteiger partial charge >= 0.3 is 0 Å². The maximum absolute atomic E-state index is 6.51. The summed E-state index contributed by atoms with van der Waals surface area (Å²) in [5.74, 6) is 1.36. The van der Waals surface area contributed by atoms with E-state index in [9.17, 15) is 0 Å². The Morgan fingerprint density at radius 3 is 1.38 bits per heavy atom. The predicted molar refractivity (Wildman–Crippen MR) is 228 cm³/mol. The van der Waals surface area contributed by atoms with Crippen LogP contribution in [0.15, 0.2) is 95.4 Å². The molecule has 0 saturated carbocycles. The van der Waals surface area contributed by atoms with Crippen LogP contribution in [0.5, 0.6) is 0 Å². The lowest BCUT2D eigenvalue weighted by molar-refractivity contribution is 0.670. The molecular formula is C39H15B10N3O. The lowest BCUT2D eigenvalue weighted by Crippen LogP contribution is -2.55. The van der Waals surface area contributed by atoms with Gasteiger partial charge in [0, 0.05) is 33.0 Å². The highest BCUT2D eigenvalue weighted by Crippen LogP contribution is 2.36. The standard InChI is InChI=1S/C39H15B10N3O/c40-26-24(27(41)31(45)34(48)30(26)44)16-9-11-18(12-10-16)38-50-37(17-5-2-1-3-6-17)51-39(52-38)19-13-14-20-21-7-4-8-22(36(21)53-23(20)15-19)25-28(42)32(46)35(49)33(47)29(25)43/h1-15H. The molecule has 222 valence electrons. The molecule has 0 unspecified atom stereocenters. The lowest BCUT2D eigenvalue weighted by atomic mass is 9.59. The van der Waals surface area contributed by atoms with Crippen LogP contribution >= 0.6 is 0 Å². The highest BCUT2D eigenvalue weighted by atomic mass is 16.3. The van der Waals surface area contributed by atoms with Crippen molar-refractivity contribution < 1.29 is 4.42 Å². The second kappa shape index (κ2) is 13.3. The van der Waals surface area contributed by atoms with E-state index in [0.29, 0.717) is 56.5 Å². The SMILES string of the molecule is [B]c1c([B])c([B])c(-c2ccc(-c3nc(-c4ccccc4)nc(-c4ccc5c(c4)oc4c(-c6c([B])c([B])c([B])c([B])c6[B])cccc45)n3)cc2)c([B])c1[B]. The van der Waals surface area contributed by atoms with Crippen molar-refractivity contribution in [1.29, 1.82) is 0 Å². The molecule has 8 rings (SSSR count). The third-order valence-electron chi connectivity index (χ3n) is 9.52. The Balaban J connectivity index is 1.26. The molecule has 0 spiro atoms. The minimum Gasteiger partial charge on any atom is -0.455 e. The van der Waals surface area contributed by atoms with Crippen LogP contribution in [0.4, 0.5) is 0 Å². The molecule has 20 radical (unpaired) electrons. The zero-order chi connectivity index (χ0) is 37.3. The first-order chi connectivity index (χ1) is 25.4. The van der Waals surface area contributed by atoms with Gasteiger partial charge in [0.25, 0.3) is 0 Å². The van der Waals surface area contributed by atoms with Gasteiger partial charge in [-0.05, 0) is 28.8 Å². The minimum absolute atomic E-state index is 0.138. The molecule has 0 bridgehead atoms. The van der Waals surface area contributed by atoms with E-state index < -0.39 is 0 Å². The Kier molecular flexibility index (Phi) is 8.76. The monoisotopic (exact) mass is 651 g/mol. The van der Waals surface area contributed by atoms with Crippen LogP contribution in [0.1, 0.15) is 0 Å². The Bertz CT molecular complexity index is 2730. The van der Waals surface area contributed by atoms with Crippen molar-refractivity contribution in [3.63, 3.8) is 0 Å². The van der Waals surface area contributed by atoms with Crippen LogP contribution in [-0.4, -0.2) is 93.4 Å². The summed E-state index contributed by atoms with van der Waals surface area (Å²) < 4.78 is 6.51. The fraction of sp³-hybridized carbons (Fsp3) is 0. The minimum atomic E-state index is 0.138. The van der Waals surface area contributed by atoms with Crippen LogP contribution in [0.3, 0.4) is 0 Å². The fourth-order valence-corrected chi connectivity index (χ4v) is 6.57. The van der Waals surface area contributed by atoms with Gasteiger partial charge in [-0.25, -0.2) is 15.0 Å². The van der Waals surface area contributed by atoms with Crippen LogP contribution in [0.25, 0.3) is 78.4 Å². The summed E-state index contributed by atoms with van der Waals surface area (Å²) in [7, 11) is 62.2. The van der Waals surface area contributed by atoms with E-state index in [1.54, 1.807) is 0 Å². The fourth-order valence-electron chi connectivity index (χ4n) is 6.57. The number of nitrogens with zero attached hydrogens (tertiary/aromatic N) is 3. The molecule has 53 heavy (non-hydrogen) atoms. The third kappa shape index (κ3) is 5.74. The first kappa shape index (κ1) is 34.8. The molecule has 0 atom stereocenters. The summed E-state index contributed by atoms with van der Waals surface area (Å²) in [5, 5.41) is 1.69. The van der Waals surface area contributed by atoms with Gasteiger partial charge in [0.15, 0.2) is 17.5 Å². The third-order valence-corrected chi connectivity index (χ3v) is 9.52. The Labute approximate surface area is 320 Å². The summed E-state index contributed by atoms with van der Waals surface area (Å²) >= 11 is 0. The van der Waals surface area contributed by atoms with E-state index >= 15 is 0 Å². The summed E-state index contributed by atoms with van der Waals surface area (Å²) in [5.41, 5.74) is 7.53. The normalized spacial score (nSPS) is 11.4. The van der Waals surface area contributed by atoms with Crippen molar-refractivity contribution in [1.82, 2.24) is 15.0 Å². The van der Waals surface area contributed by atoms with Crippen LogP contribution in [-0.2, 0) is 0 Å². The van der Waals surface area contributed by atoms with Gasteiger partial charge in [0.1, 0.15) is 89.6 Å². The van der Waals surface area contributed by atoms with Gasteiger partial charge in [-0.2, -0.15) is 0 Å². The largest absolute Gasteiger partial charge is 0.455 e. The van der Waals surface area contributed by atoms with Gasteiger partial charge in [-0.1, -0.05) is 101 Å². The first-order valence-corrected chi connectivity index (χ1v) is 16.4. The second-order valence-electron chi connectivity index (χ2n) is 12.6. The van der Waals surface area contributed by atoms with Crippen molar-refractivity contribution in [2.45, 2.75) is 0 Å². The van der Waals surface area contributed by atoms with Crippen LogP contribution in [0.2, 0.25) is 0 Å². The van der Waals surface area contributed by atoms with Crippen molar-refractivity contribution in [2.24, 2.45) is 0 Å². The summed E-state index contributed by atoms with van der Waals surface area (Å²) in [6.45, 7) is 0. The van der Waals surface area contributed by atoms with E-state index in [0.717, 1.165) is 21.9 Å². The second-order valence-corrected chi connectivity index (χ2v) is 12.6. The molecule has 6 aromatic carbocycles. The predicted octanol–water partition coefficient (Wildman–Crippen LogP) is -1.96. The smallest absolute Gasteiger partial charge is 0.164 e. The van der Waals surface area contributed by atoms with E-state index in [-0.39, 0.29) is 54.6 Å². The van der Waals surface area contributed by atoms with Crippen molar-refractivity contribution in [2.75, 3.05) is 0 Å². The van der Waals surface area contributed by atoms with E-state index in [1.165, 1.54) is 0 Å². The molecule has 0 aliphatic carbocycles. The number of benzene rings is 6. The molecule has 0 aliphatic heterocycles. The molecule has 0 N–H and O–H groups in total. The van der Waals surface area contributed by atoms with Crippen molar-refractivity contribution in [3.05, 3.63) is 91.0 Å². The van der Waals surface area contributed by atoms with Gasteiger partial charge in [0.2, 0.25) is 0 Å². The zero-order valence-corrected chi connectivity index (χ0v) is 28.2. The molecule has 0 amide bonds. The Morgan fingerprint density at radius 1 is 0.358 bits per heavy atom. The molecule has 2 aromatic heterocycles. The maximum atomic E-state index is 6.51. The van der Waals surface area contributed by atoms with Crippen molar-refractivity contribution in [3.8, 4) is 56.4 Å². The summed E-state index contributed by atoms with van der Waals surface area (Å²) in [6.07, 6.45) is 0. The molecule has 0 aliphatic rings. The highest BCUT2D eigenvalue weighted by Gasteiger charge is 2.20. The van der Waals surface area contributed by atoms with Gasteiger partial charge in [-0.15, -0.1) is 32.8 Å². The highest BCUT2D eigenvalue weighted by molar-refractivity contribution is 6.70. The maximum Gasteiger partial charge on any atom is 0.164 e. The lowest BCUT2D eigenvalue weighted by Gasteiger charge is -2.21. The number of rotatable bonds is 5. The number of hydrogen-bond acceptors (Lipinski definition) is 4. The van der Waals surface area contributed by atoms with Gasteiger partial charge < -0.3 is 4.42 Å². The number of hydrogen-bond donors (Lipinski definition) is 0. The molecular weight excluding hydrogens is 635 g/mol. The van der Waals surface area contributed by atoms with Crippen molar-refractivity contribution >= 4 is 155 Å². The average molecular weight is 650 g/mol. The number of furan rings is 1. The first-order valence-electron chi connectivity index (χ1n) is 16.4. The molecule has 0 fully saturated rings. The van der Waals surface area contributed by atoms with Gasteiger partial charge in [0.05, 0.1) is 0 Å². The zero-order valence-electron chi connectivity index (χ0n) is 28.2. The quantitative estimate of drug-likeness (QED) is 0.204. The molecule has 4 nitrogen and oxygen atoms in total. The number of fused-ring (bicyclic) bond motifs is 3. The molecule has 0 saturated heterocycles. The molecule has 2 heterocycles. The summed E-state index contributed by atoms with van der Waals surface area (Å²) in [6, 6.07) is 28.5. The number of aromatic nitrogens is 3. The van der Waals surface area contributed by atoms with Gasteiger partial charge in [-0.3, -0.25) is 0 Å². The average Bonchev–Trinajstić information content (AvgIpc) is 3.57. The van der Waals surface area contributed by atoms with E-state index in [4.69, 9.17) is 97.8 Å². The Morgan fingerprint density at radius 2 is 0.811 bits per heavy atom. The van der Waals surface area contributed by atoms with E-state index in [2.05, 4.69) is 0 Å². The summed E-state index contributed by atoms with van der Waals surface area (Å²) in [4.78, 5) is 14.6. The molecule has 8 aromatic rings. The number of para-hydroxylation sites is 1. The topological polar surface area (TPSA) is 51.8 Å². The van der Waals surface area contributed by atoms with Crippen LogP contribution < -0.4 is 54.6 Å². The molecule has 14 heteroatoms.